The largest absolute Gasteiger partial charge is 0.434 e. The summed E-state index contributed by atoms with van der Waals surface area (Å²) in [4.78, 5) is 16.1. The summed E-state index contributed by atoms with van der Waals surface area (Å²) in [6.07, 6.45) is -2.65. The molecule has 164 valence electrons. The van der Waals surface area contributed by atoms with E-state index in [2.05, 4.69) is 5.10 Å². The second kappa shape index (κ2) is 8.38. The van der Waals surface area contributed by atoms with Gasteiger partial charge in [-0.05, 0) is 18.6 Å². The Labute approximate surface area is 173 Å². The van der Waals surface area contributed by atoms with Crippen LogP contribution in [0.3, 0.4) is 0 Å². The molecule has 1 aliphatic heterocycles. The first-order valence-corrected chi connectivity index (χ1v) is 11.4. The Balaban J connectivity index is 1.81. The number of rotatable bonds is 5. The summed E-state index contributed by atoms with van der Waals surface area (Å²) in [6, 6.07) is 6.52. The van der Waals surface area contributed by atoms with E-state index in [9.17, 15) is 26.4 Å². The highest BCUT2D eigenvalue weighted by Crippen LogP contribution is 2.34. The van der Waals surface area contributed by atoms with Crippen molar-refractivity contribution in [1.29, 1.82) is 0 Å². The van der Waals surface area contributed by atoms with Gasteiger partial charge < -0.3 is 4.90 Å². The summed E-state index contributed by atoms with van der Waals surface area (Å²) in [5.74, 6) is -0.729. The molecule has 0 spiro atoms. The van der Waals surface area contributed by atoms with E-state index >= 15 is 0 Å². The number of para-hydroxylation sites is 1. The number of carbonyl (C=O) groups is 1. The van der Waals surface area contributed by atoms with E-state index in [0.29, 0.717) is 25.2 Å². The van der Waals surface area contributed by atoms with Crippen molar-refractivity contribution in [3.63, 3.8) is 0 Å². The van der Waals surface area contributed by atoms with Crippen molar-refractivity contribution in [3.8, 4) is 5.69 Å². The smallest absolute Gasteiger partial charge is 0.336 e. The number of hydrogen-bond donors (Lipinski definition) is 0. The molecule has 1 aliphatic rings. The summed E-state index contributed by atoms with van der Waals surface area (Å²) in [5, 5.41) is 3.87. The van der Waals surface area contributed by atoms with Crippen LogP contribution in [0.2, 0.25) is 0 Å². The van der Waals surface area contributed by atoms with Crippen molar-refractivity contribution >= 4 is 15.7 Å². The Morgan fingerprint density at radius 2 is 1.77 bits per heavy atom. The lowest BCUT2D eigenvalue weighted by Crippen LogP contribution is -2.49. The number of sulfone groups is 1. The third-order valence-corrected chi connectivity index (χ3v) is 5.97. The monoisotopic (exact) mass is 444 g/mol. The molecule has 1 amide bonds. The second-order valence-electron chi connectivity index (χ2n) is 7.37. The third-order valence-electron chi connectivity index (χ3n) is 5.05. The van der Waals surface area contributed by atoms with E-state index in [-0.39, 0.29) is 24.5 Å². The molecule has 1 aromatic heterocycles. The van der Waals surface area contributed by atoms with E-state index in [1.54, 1.807) is 25.1 Å². The minimum absolute atomic E-state index is 0.00235. The quantitative estimate of drug-likeness (QED) is 0.705. The van der Waals surface area contributed by atoms with Gasteiger partial charge in [0.2, 0.25) is 0 Å². The van der Waals surface area contributed by atoms with Gasteiger partial charge in [-0.2, -0.15) is 18.3 Å². The van der Waals surface area contributed by atoms with E-state index < -0.39 is 33.2 Å². The van der Waals surface area contributed by atoms with Crippen LogP contribution in [0.4, 0.5) is 13.2 Å². The molecule has 0 atom stereocenters. The molecule has 1 fully saturated rings. The van der Waals surface area contributed by atoms with Gasteiger partial charge in [-0.15, -0.1) is 0 Å². The van der Waals surface area contributed by atoms with Crippen LogP contribution in [0.5, 0.6) is 0 Å². The van der Waals surface area contributed by atoms with Gasteiger partial charge in [0.25, 0.3) is 5.91 Å². The summed E-state index contributed by atoms with van der Waals surface area (Å²) in [7, 11) is -3.10. The zero-order valence-electron chi connectivity index (χ0n) is 16.7. The van der Waals surface area contributed by atoms with Gasteiger partial charge in [0.05, 0.1) is 23.2 Å². The number of nitrogens with zero attached hydrogens (tertiary/aromatic N) is 4. The van der Waals surface area contributed by atoms with E-state index in [4.69, 9.17) is 0 Å². The second-order valence-corrected chi connectivity index (χ2v) is 9.63. The minimum Gasteiger partial charge on any atom is -0.336 e. The van der Waals surface area contributed by atoms with Crippen molar-refractivity contribution in [2.24, 2.45) is 0 Å². The number of piperazine rings is 1. The highest BCUT2D eigenvalue weighted by atomic mass is 32.2. The van der Waals surface area contributed by atoms with Gasteiger partial charge in [0.15, 0.2) is 5.69 Å². The fourth-order valence-corrected chi connectivity index (χ4v) is 3.99. The number of benzene rings is 1. The number of hydrogen-bond acceptors (Lipinski definition) is 5. The van der Waals surface area contributed by atoms with Gasteiger partial charge in [-0.1, -0.05) is 18.2 Å². The summed E-state index contributed by atoms with van der Waals surface area (Å²) < 4.78 is 65.0. The molecular weight excluding hydrogens is 421 g/mol. The highest BCUT2D eigenvalue weighted by Gasteiger charge is 2.42. The third kappa shape index (κ3) is 5.01. The van der Waals surface area contributed by atoms with Crippen molar-refractivity contribution in [2.45, 2.75) is 13.1 Å². The van der Waals surface area contributed by atoms with Gasteiger partial charge in [0.1, 0.15) is 9.84 Å². The SMILES string of the molecule is Cc1ccccc1-n1ncc(C(=O)N2CCN(CCS(C)(=O)=O)CC2)c1C(F)(F)F. The summed E-state index contributed by atoms with van der Waals surface area (Å²) >= 11 is 0. The first-order chi connectivity index (χ1) is 14.0. The van der Waals surface area contributed by atoms with Crippen molar-refractivity contribution < 1.29 is 26.4 Å². The van der Waals surface area contributed by atoms with E-state index in [1.807, 2.05) is 4.90 Å². The molecule has 30 heavy (non-hydrogen) atoms. The molecule has 0 saturated carbocycles. The van der Waals surface area contributed by atoms with Crippen LogP contribution >= 0.6 is 0 Å². The van der Waals surface area contributed by atoms with Crippen LogP contribution in [0.15, 0.2) is 30.5 Å². The van der Waals surface area contributed by atoms with Crippen molar-refractivity contribution in [1.82, 2.24) is 19.6 Å². The summed E-state index contributed by atoms with van der Waals surface area (Å²) in [5.41, 5.74) is -0.726. The predicted octanol–water partition coefficient (Wildman–Crippen LogP) is 2.00. The van der Waals surface area contributed by atoms with Gasteiger partial charge in [0, 0.05) is 39.0 Å². The molecule has 0 bridgehead atoms. The number of aromatic nitrogens is 2. The normalized spacial score (nSPS) is 16.1. The number of carbonyl (C=O) groups excluding carboxylic acids is 1. The molecule has 0 unspecified atom stereocenters. The molecule has 2 heterocycles. The zero-order valence-corrected chi connectivity index (χ0v) is 17.5. The van der Waals surface area contributed by atoms with E-state index in [1.165, 1.54) is 11.0 Å². The fourth-order valence-electron chi connectivity index (χ4n) is 3.40. The highest BCUT2D eigenvalue weighted by molar-refractivity contribution is 7.90. The lowest BCUT2D eigenvalue weighted by Gasteiger charge is -2.34. The molecule has 11 heteroatoms. The minimum atomic E-state index is -4.76. The van der Waals surface area contributed by atoms with Gasteiger partial charge >= 0.3 is 6.18 Å². The van der Waals surface area contributed by atoms with Gasteiger partial charge in [-0.25, -0.2) is 13.1 Å². The molecule has 3 rings (SSSR count). The zero-order chi connectivity index (χ0) is 22.1. The maximum Gasteiger partial charge on any atom is 0.434 e. The number of alkyl halides is 3. The molecular formula is C19H23F3N4O3S. The maximum absolute atomic E-state index is 13.9. The maximum atomic E-state index is 13.9. The lowest BCUT2D eigenvalue weighted by atomic mass is 10.1. The molecule has 0 radical (unpaired) electrons. The number of halogens is 3. The topological polar surface area (TPSA) is 75.5 Å². The molecule has 1 aromatic carbocycles. The summed E-state index contributed by atoms with van der Waals surface area (Å²) in [6.45, 7) is 3.24. The number of amides is 1. The Kier molecular flexibility index (Phi) is 6.23. The van der Waals surface area contributed by atoms with Crippen LogP contribution in [-0.2, 0) is 16.0 Å². The molecule has 0 aliphatic carbocycles. The van der Waals surface area contributed by atoms with E-state index in [0.717, 1.165) is 17.1 Å². The van der Waals surface area contributed by atoms with Gasteiger partial charge in [-0.3, -0.25) is 9.69 Å². The first kappa shape index (κ1) is 22.3. The van der Waals surface area contributed by atoms with Crippen LogP contribution in [0.1, 0.15) is 21.6 Å². The Hall–Kier alpha value is -2.40. The van der Waals surface area contributed by atoms with Crippen LogP contribution in [-0.4, -0.2) is 78.6 Å². The Morgan fingerprint density at radius 3 is 2.33 bits per heavy atom. The molecule has 1 saturated heterocycles. The molecule has 7 nitrogen and oxygen atoms in total. The Morgan fingerprint density at radius 1 is 1.13 bits per heavy atom. The standard InChI is InChI=1S/C19H23F3N4O3S/c1-14-5-3-4-6-16(14)26-17(19(20,21)22)15(13-23-26)18(27)25-9-7-24(8-10-25)11-12-30(2,28)29/h3-6,13H,7-12H2,1-2H3. The number of aryl methyl sites for hydroxylation is 1. The van der Waals surface area contributed by atoms with Crippen molar-refractivity contribution in [2.75, 3.05) is 44.7 Å². The lowest BCUT2D eigenvalue weighted by molar-refractivity contribution is -0.143. The van der Waals surface area contributed by atoms with Crippen LogP contribution < -0.4 is 0 Å². The average Bonchev–Trinajstić information content (AvgIpc) is 3.11. The van der Waals surface area contributed by atoms with Crippen LogP contribution in [0, 0.1) is 6.92 Å². The Bertz CT molecular complexity index is 1030. The van der Waals surface area contributed by atoms with Crippen molar-refractivity contribution in [3.05, 3.63) is 47.3 Å². The first-order valence-electron chi connectivity index (χ1n) is 9.38. The molecule has 0 N–H and O–H groups in total. The fraction of sp³-hybridized carbons (Fsp3) is 0.474. The molecule has 2 aromatic rings. The average molecular weight is 444 g/mol. The van der Waals surface area contributed by atoms with Crippen LogP contribution in [0.25, 0.3) is 5.69 Å². The predicted molar refractivity (Wildman–Crippen MR) is 105 cm³/mol.